The summed E-state index contributed by atoms with van der Waals surface area (Å²) in [5, 5.41) is 12.8. The second-order valence-electron chi connectivity index (χ2n) is 5.82. The summed E-state index contributed by atoms with van der Waals surface area (Å²) in [5.41, 5.74) is 5.94. The van der Waals surface area contributed by atoms with Crippen molar-refractivity contribution >= 4 is 0 Å². The lowest BCUT2D eigenvalue weighted by Gasteiger charge is -2.47. The van der Waals surface area contributed by atoms with Gasteiger partial charge in [0, 0.05) is 31.3 Å². The van der Waals surface area contributed by atoms with E-state index in [-0.39, 0.29) is 17.7 Å². The number of rotatable bonds is 7. The van der Waals surface area contributed by atoms with Crippen molar-refractivity contribution in [1.29, 1.82) is 0 Å². The van der Waals surface area contributed by atoms with Crippen molar-refractivity contribution in [3.63, 3.8) is 0 Å². The summed E-state index contributed by atoms with van der Waals surface area (Å²) >= 11 is 0. The van der Waals surface area contributed by atoms with E-state index < -0.39 is 0 Å². The molecule has 1 aliphatic heterocycles. The number of aliphatic hydroxyl groups is 1. The van der Waals surface area contributed by atoms with Crippen molar-refractivity contribution in [2.45, 2.75) is 70.1 Å². The molecular formula is C14H30N2O2. The van der Waals surface area contributed by atoms with E-state index in [1.165, 1.54) is 0 Å². The summed E-state index contributed by atoms with van der Waals surface area (Å²) in [6.07, 6.45) is 4.73. The highest BCUT2D eigenvalue weighted by Crippen LogP contribution is 2.34. The van der Waals surface area contributed by atoms with Crippen LogP contribution in [0, 0.1) is 0 Å². The van der Waals surface area contributed by atoms with Crippen LogP contribution in [-0.4, -0.2) is 42.0 Å². The predicted octanol–water partition coefficient (Wildman–Crippen LogP) is 1.41. The van der Waals surface area contributed by atoms with Gasteiger partial charge in [0.05, 0.1) is 5.60 Å². The van der Waals surface area contributed by atoms with Gasteiger partial charge in [-0.25, -0.2) is 0 Å². The van der Waals surface area contributed by atoms with E-state index in [9.17, 15) is 0 Å². The molecule has 1 aliphatic rings. The van der Waals surface area contributed by atoms with E-state index in [1.807, 2.05) is 0 Å². The van der Waals surface area contributed by atoms with Crippen molar-refractivity contribution in [2.24, 2.45) is 5.73 Å². The normalized spacial score (nSPS) is 34.5. The number of hydrogen-bond donors (Lipinski definition) is 3. The molecule has 0 aliphatic carbocycles. The highest BCUT2D eigenvalue weighted by atomic mass is 16.5. The molecule has 0 saturated carbocycles. The largest absolute Gasteiger partial charge is 0.396 e. The number of ether oxygens (including phenoxy) is 1. The van der Waals surface area contributed by atoms with Gasteiger partial charge < -0.3 is 20.9 Å². The van der Waals surface area contributed by atoms with Crippen molar-refractivity contribution in [1.82, 2.24) is 5.32 Å². The standard InChI is InChI=1S/C14H30N2O2/c1-4-12(6-8-17)16-14(11-15)7-9-18-13(3,5-2)10-14/h12,16-17H,4-11,15H2,1-3H3. The van der Waals surface area contributed by atoms with Crippen LogP contribution < -0.4 is 11.1 Å². The lowest BCUT2D eigenvalue weighted by Crippen LogP contribution is -2.61. The van der Waals surface area contributed by atoms with Crippen molar-refractivity contribution < 1.29 is 9.84 Å². The summed E-state index contributed by atoms with van der Waals surface area (Å²) in [7, 11) is 0. The van der Waals surface area contributed by atoms with E-state index in [4.69, 9.17) is 15.6 Å². The minimum absolute atomic E-state index is 0.0289. The molecule has 1 rings (SSSR count). The van der Waals surface area contributed by atoms with Crippen LogP contribution in [0.15, 0.2) is 0 Å². The smallest absolute Gasteiger partial charge is 0.0670 e. The molecule has 4 N–H and O–H groups in total. The third-order valence-electron chi connectivity index (χ3n) is 4.36. The Morgan fingerprint density at radius 3 is 2.67 bits per heavy atom. The molecule has 0 spiro atoms. The van der Waals surface area contributed by atoms with Gasteiger partial charge in [0.25, 0.3) is 0 Å². The highest BCUT2D eigenvalue weighted by molar-refractivity contribution is 5.00. The molecule has 3 unspecified atom stereocenters. The van der Waals surface area contributed by atoms with Gasteiger partial charge in [0.2, 0.25) is 0 Å². The summed E-state index contributed by atoms with van der Waals surface area (Å²) in [5.74, 6) is 0. The van der Waals surface area contributed by atoms with Gasteiger partial charge in [0.15, 0.2) is 0 Å². The Balaban J connectivity index is 2.72. The molecular weight excluding hydrogens is 228 g/mol. The Labute approximate surface area is 111 Å². The van der Waals surface area contributed by atoms with Crippen LogP contribution in [0.4, 0.5) is 0 Å². The fourth-order valence-electron chi connectivity index (χ4n) is 2.90. The lowest BCUT2D eigenvalue weighted by atomic mass is 9.78. The molecule has 3 atom stereocenters. The zero-order chi connectivity index (χ0) is 13.6. The summed E-state index contributed by atoms with van der Waals surface area (Å²) < 4.78 is 5.90. The number of aliphatic hydroxyl groups excluding tert-OH is 1. The average molecular weight is 258 g/mol. The first-order valence-corrected chi connectivity index (χ1v) is 7.25. The Kier molecular flexibility index (Phi) is 6.05. The zero-order valence-electron chi connectivity index (χ0n) is 12.2. The van der Waals surface area contributed by atoms with E-state index in [0.717, 1.165) is 38.7 Å². The number of nitrogens with two attached hydrogens (primary N) is 1. The minimum atomic E-state index is -0.0673. The van der Waals surface area contributed by atoms with Crippen molar-refractivity contribution in [3.05, 3.63) is 0 Å². The fourth-order valence-corrected chi connectivity index (χ4v) is 2.90. The maximum Gasteiger partial charge on any atom is 0.0670 e. The van der Waals surface area contributed by atoms with Crippen LogP contribution in [0.25, 0.3) is 0 Å². The van der Waals surface area contributed by atoms with E-state index in [0.29, 0.717) is 12.6 Å². The quantitative estimate of drug-likeness (QED) is 0.646. The van der Waals surface area contributed by atoms with Gasteiger partial charge in [-0.15, -0.1) is 0 Å². The molecule has 4 heteroatoms. The molecule has 0 amide bonds. The Morgan fingerprint density at radius 1 is 1.44 bits per heavy atom. The van der Waals surface area contributed by atoms with Crippen LogP contribution in [-0.2, 0) is 4.74 Å². The monoisotopic (exact) mass is 258 g/mol. The fraction of sp³-hybridized carbons (Fsp3) is 1.00. The highest BCUT2D eigenvalue weighted by Gasteiger charge is 2.42. The maximum absolute atomic E-state index is 9.11. The van der Waals surface area contributed by atoms with Crippen LogP contribution in [0.1, 0.15) is 52.9 Å². The summed E-state index contributed by atoms with van der Waals surface area (Å²) in [6, 6.07) is 0.345. The van der Waals surface area contributed by atoms with Crippen LogP contribution >= 0.6 is 0 Å². The summed E-state index contributed by atoms with van der Waals surface area (Å²) in [4.78, 5) is 0. The molecule has 1 saturated heterocycles. The molecule has 18 heavy (non-hydrogen) atoms. The molecule has 0 aromatic rings. The topological polar surface area (TPSA) is 67.5 Å². The first-order chi connectivity index (χ1) is 8.53. The SMILES string of the molecule is CCC(CCO)NC1(CN)CCOC(C)(CC)C1. The minimum Gasteiger partial charge on any atom is -0.396 e. The predicted molar refractivity (Wildman–Crippen MR) is 74.6 cm³/mol. The van der Waals surface area contributed by atoms with Gasteiger partial charge in [-0.2, -0.15) is 0 Å². The third-order valence-corrected chi connectivity index (χ3v) is 4.36. The first-order valence-electron chi connectivity index (χ1n) is 7.25. The first kappa shape index (κ1) is 15.9. The Morgan fingerprint density at radius 2 is 2.17 bits per heavy atom. The lowest BCUT2D eigenvalue weighted by molar-refractivity contribution is -0.102. The zero-order valence-corrected chi connectivity index (χ0v) is 12.2. The second-order valence-corrected chi connectivity index (χ2v) is 5.82. The molecule has 1 fully saturated rings. The molecule has 0 aromatic heterocycles. The van der Waals surface area contributed by atoms with E-state index in [1.54, 1.807) is 0 Å². The molecule has 4 nitrogen and oxygen atoms in total. The number of nitrogens with one attached hydrogen (secondary N) is 1. The van der Waals surface area contributed by atoms with Crippen molar-refractivity contribution in [2.75, 3.05) is 19.8 Å². The molecule has 0 radical (unpaired) electrons. The molecule has 0 bridgehead atoms. The van der Waals surface area contributed by atoms with Crippen LogP contribution in [0.2, 0.25) is 0 Å². The molecule has 108 valence electrons. The molecule has 0 aromatic carbocycles. The van der Waals surface area contributed by atoms with Crippen molar-refractivity contribution in [3.8, 4) is 0 Å². The second kappa shape index (κ2) is 6.85. The van der Waals surface area contributed by atoms with Crippen LogP contribution in [0.5, 0.6) is 0 Å². The Bertz CT molecular complexity index is 250. The summed E-state index contributed by atoms with van der Waals surface area (Å²) in [6.45, 7) is 8.12. The van der Waals surface area contributed by atoms with Crippen LogP contribution in [0.3, 0.4) is 0 Å². The van der Waals surface area contributed by atoms with Gasteiger partial charge in [-0.05, 0) is 39.0 Å². The van der Waals surface area contributed by atoms with Gasteiger partial charge in [-0.1, -0.05) is 13.8 Å². The van der Waals surface area contributed by atoms with E-state index >= 15 is 0 Å². The van der Waals surface area contributed by atoms with Gasteiger partial charge >= 0.3 is 0 Å². The number of hydrogen-bond acceptors (Lipinski definition) is 4. The third kappa shape index (κ3) is 3.92. The van der Waals surface area contributed by atoms with Gasteiger partial charge in [0.1, 0.15) is 0 Å². The average Bonchev–Trinajstić information content (AvgIpc) is 2.38. The van der Waals surface area contributed by atoms with E-state index in [2.05, 4.69) is 26.1 Å². The van der Waals surface area contributed by atoms with Gasteiger partial charge in [-0.3, -0.25) is 0 Å². The Hall–Kier alpha value is -0.160. The molecule has 1 heterocycles. The maximum atomic E-state index is 9.11.